The lowest BCUT2D eigenvalue weighted by Gasteiger charge is -2.14. The van der Waals surface area contributed by atoms with E-state index >= 15 is 0 Å². The Morgan fingerprint density at radius 1 is 1.35 bits per heavy atom. The van der Waals surface area contributed by atoms with E-state index in [1.807, 2.05) is 6.07 Å². The van der Waals surface area contributed by atoms with Gasteiger partial charge in [0.1, 0.15) is 5.15 Å². The number of carboxylic acids is 1. The largest absolute Gasteiger partial charge is 0.481 e. The molecule has 0 saturated heterocycles. The number of halogens is 3. The predicted molar refractivity (Wildman–Crippen MR) is 82.5 cm³/mol. The first-order valence-electron chi connectivity index (χ1n) is 5.75. The van der Waals surface area contributed by atoms with Crippen LogP contribution < -0.4 is 0 Å². The molecule has 1 heterocycles. The van der Waals surface area contributed by atoms with E-state index in [4.69, 9.17) is 23.2 Å². The van der Waals surface area contributed by atoms with Crippen molar-refractivity contribution in [2.24, 2.45) is 0 Å². The number of rotatable bonds is 4. The lowest BCUT2D eigenvalue weighted by molar-refractivity contribution is -0.138. The first-order chi connectivity index (χ1) is 9.47. The van der Waals surface area contributed by atoms with Crippen LogP contribution in [0.3, 0.4) is 0 Å². The zero-order valence-corrected chi connectivity index (χ0v) is 13.3. The Hall–Kier alpha value is -1.10. The standard InChI is InChI=1S/C14H10BrCl2NO2/c15-10-3-1-2-8(4-10)11(14(19)20)5-9-7-18-13(17)6-12(9)16/h1-4,6-7,11H,5H2,(H,19,20). The van der Waals surface area contributed by atoms with Gasteiger partial charge in [-0.15, -0.1) is 0 Å². The second-order valence-electron chi connectivity index (χ2n) is 4.25. The maximum absolute atomic E-state index is 11.5. The van der Waals surface area contributed by atoms with Crippen molar-refractivity contribution in [1.29, 1.82) is 0 Å². The SMILES string of the molecule is O=C(O)C(Cc1cnc(Cl)cc1Cl)c1cccc(Br)c1. The molecule has 0 spiro atoms. The lowest BCUT2D eigenvalue weighted by Crippen LogP contribution is -2.14. The van der Waals surface area contributed by atoms with Crippen LogP contribution in [0.1, 0.15) is 17.0 Å². The monoisotopic (exact) mass is 373 g/mol. The molecule has 1 aromatic heterocycles. The molecule has 0 aliphatic carbocycles. The van der Waals surface area contributed by atoms with Gasteiger partial charge in [-0.1, -0.05) is 51.3 Å². The molecule has 0 amide bonds. The second-order valence-corrected chi connectivity index (χ2v) is 5.96. The Kier molecular flexibility index (Phi) is 5.02. The van der Waals surface area contributed by atoms with Crippen molar-refractivity contribution in [2.45, 2.75) is 12.3 Å². The highest BCUT2D eigenvalue weighted by molar-refractivity contribution is 9.10. The number of carboxylic acid groups (broad SMARTS) is 1. The van der Waals surface area contributed by atoms with Crippen molar-refractivity contribution < 1.29 is 9.90 Å². The Morgan fingerprint density at radius 3 is 2.70 bits per heavy atom. The van der Waals surface area contributed by atoms with Crippen LogP contribution in [0.25, 0.3) is 0 Å². The number of nitrogens with zero attached hydrogens (tertiary/aromatic N) is 1. The molecule has 3 nitrogen and oxygen atoms in total. The van der Waals surface area contributed by atoms with Crippen molar-refractivity contribution in [3.05, 3.63) is 62.3 Å². The van der Waals surface area contributed by atoms with Crippen LogP contribution >= 0.6 is 39.1 Å². The summed E-state index contributed by atoms with van der Waals surface area (Å²) in [6, 6.07) is 8.73. The first kappa shape index (κ1) is 15.3. The maximum Gasteiger partial charge on any atom is 0.311 e. The number of benzene rings is 1. The summed E-state index contributed by atoms with van der Waals surface area (Å²) in [5.41, 5.74) is 1.36. The van der Waals surface area contributed by atoms with Crippen LogP contribution in [0, 0.1) is 0 Å². The highest BCUT2D eigenvalue weighted by Crippen LogP contribution is 2.28. The summed E-state index contributed by atoms with van der Waals surface area (Å²) in [5, 5.41) is 10.1. The van der Waals surface area contributed by atoms with Gasteiger partial charge in [0.25, 0.3) is 0 Å². The Labute approximate surface area is 134 Å². The third-order valence-electron chi connectivity index (χ3n) is 2.87. The predicted octanol–water partition coefficient (Wildman–Crippen LogP) is 4.56. The highest BCUT2D eigenvalue weighted by Gasteiger charge is 2.22. The maximum atomic E-state index is 11.5. The van der Waals surface area contributed by atoms with Gasteiger partial charge < -0.3 is 5.11 Å². The fraction of sp³-hybridized carbons (Fsp3) is 0.143. The zero-order chi connectivity index (χ0) is 14.7. The summed E-state index contributed by atoms with van der Waals surface area (Å²) in [5.74, 6) is -1.60. The molecular formula is C14H10BrCl2NO2. The van der Waals surface area contributed by atoms with Crippen molar-refractivity contribution >= 4 is 45.1 Å². The molecule has 0 aliphatic rings. The average Bonchev–Trinajstić information content (AvgIpc) is 2.37. The van der Waals surface area contributed by atoms with Crippen molar-refractivity contribution in [3.8, 4) is 0 Å². The van der Waals surface area contributed by atoms with E-state index in [9.17, 15) is 9.90 Å². The molecule has 2 aromatic rings. The van der Waals surface area contributed by atoms with E-state index in [-0.39, 0.29) is 11.6 Å². The van der Waals surface area contributed by atoms with Gasteiger partial charge in [-0.2, -0.15) is 0 Å². The molecule has 0 radical (unpaired) electrons. The number of hydrogen-bond donors (Lipinski definition) is 1. The minimum Gasteiger partial charge on any atom is -0.481 e. The molecule has 104 valence electrons. The summed E-state index contributed by atoms with van der Waals surface area (Å²) < 4.78 is 0.835. The van der Waals surface area contributed by atoms with Crippen molar-refractivity contribution in [3.63, 3.8) is 0 Å². The van der Waals surface area contributed by atoms with E-state index in [0.717, 1.165) is 4.47 Å². The molecule has 0 fully saturated rings. The van der Waals surface area contributed by atoms with Crippen LogP contribution in [-0.4, -0.2) is 16.1 Å². The van der Waals surface area contributed by atoms with E-state index in [0.29, 0.717) is 16.1 Å². The normalized spacial score (nSPS) is 12.2. The Morgan fingerprint density at radius 2 is 2.10 bits per heavy atom. The van der Waals surface area contributed by atoms with Crippen LogP contribution in [0.2, 0.25) is 10.2 Å². The number of carbonyl (C=O) groups is 1. The average molecular weight is 375 g/mol. The molecule has 1 atom stereocenters. The molecule has 0 bridgehead atoms. The van der Waals surface area contributed by atoms with E-state index in [2.05, 4.69) is 20.9 Å². The minimum atomic E-state index is -0.908. The van der Waals surface area contributed by atoms with Gasteiger partial charge in [-0.3, -0.25) is 4.79 Å². The molecule has 6 heteroatoms. The highest BCUT2D eigenvalue weighted by atomic mass is 79.9. The second kappa shape index (κ2) is 6.57. The lowest BCUT2D eigenvalue weighted by atomic mass is 9.93. The third-order valence-corrected chi connectivity index (χ3v) is 3.92. The molecule has 2 rings (SSSR count). The first-order valence-corrected chi connectivity index (χ1v) is 7.30. The summed E-state index contributed by atoms with van der Waals surface area (Å²) in [7, 11) is 0. The number of aromatic nitrogens is 1. The van der Waals surface area contributed by atoms with E-state index in [1.54, 1.807) is 18.2 Å². The molecule has 1 aromatic carbocycles. The van der Waals surface area contributed by atoms with E-state index in [1.165, 1.54) is 12.3 Å². The Bertz CT molecular complexity index is 649. The quantitative estimate of drug-likeness (QED) is 0.798. The van der Waals surface area contributed by atoms with Gasteiger partial charge >= 0.3 is 5.97 Å². The molecule has 0 saturated carbocycles. The topological polar surface area (TPSA) is 50.2 Å². The van der Waals surface area contributed by atoms with Gasteiger partial charge in [0.15, 0.2) is 0 Å². The summed E-state index contributed by atoms with van der Waals surface area (Å²) >= 11 is 15.1. The summed E-state index contributed by atoms with van der Waals surface area (Å²) in [4.78, 5) is 15.4. The van der Waals surface area contributed by atoms with Crippen LogP contribution in [0.4, 0.5) is 0 Å². The molecular weight excluding hydrogens is 365 g/mol. The number of pyridine rings is 1. The van der Waals surface area contributed by atoms with Gasteiger partial charge in [0, 0.05) is 15.7 Å². The number of aliphatic carboxylic acids is 1. The molecule has 1 N–H and O–H groups in total. The fourth-order valence-electron chi connectivity index (χ4n) is 1.88. The molecule has 1 unspecified atom stereocenters. The van der Waals surface area contributed by atoms with Crippen molar-refractivity contribution in [2.75, 3.05) is 0 Å². The van der Waals surface area contributed by atoms with Gasteiger partial charge in [0.05, 0.1) is 5.92 Å². The summed E-state index contributed by atoms with van der Waals surface area (Å²) in [6.07, 6.45) is 1.77. The van der Waals surface area contributed by atoms with Crippen LogP contribution in [0.15, 0.2) is 41.0 Å². The van der Waals surface area contributed by atoms with E-state index < -0.39 is 11.9 Å². The minimum absolute atomic E-state index is 0.259. The smallest absolute Gasteiger partial charge is 0.311 e. The number of hydrogen-bond acceptors (Lipinski definition) is 2. The van der Waals surface area contributed by atoms with Gasteiger partial charge in [-0.25, -0.2) is 4.98 Å². The van der Waals surface area contributed by atoms with Crippen LogP contribution in [-0.2, 0) is 11.2 Å². The van der Waals surface area contributed by atoms with Crippen LogP contribution in [0.5, 0.6) is 0 Å². The zero-order valence-electron chi connectivity index (χ0n) is 10.2. The summed E-state index contributed by atoms with van der Waals surface area (Å²) in [6.45, 7) is 0. The van der Waals surface area contributed by atoms with Gasteiger partial charge in [0.2, 0.25) is 0 Å². The van der Waals surface area contributed by atoms with Gasteiger partial charge in [-0.05, 0) is 35.7 Å². The fourth-order valence-corrected chi connectivity index (χ4v) is 2.74. The Balaban J connectivity index is 2.33. The van der Waals surface area contributed by atoms with Crippen molar-refractivity contribution in [1.82, 2.24) is 4.98 Å². The third kappa shape index (κ3) is 3.72. The molecule has 0 aliphatic heterocycles. The molecule has 20 heavy (non-hydrogen) atoms.